The zero-order valence-electron chi connectivity index (χ0n) is 26.1. The first-order valence-electron chi connectivity index (χ1n) is 14.7. The molecule has 2 amide bonds. The van der Waals surface area contributed by atoms with Crippen LogP contribution in [0.15, 0.2) is 60.0 Å². The standard InChI is InChI=1S/C33H36ClN7O4/c1-8-26(42)39-16-21(6)40(17-20(39)5)30-23-15-24(34)28(22-11-9-10-12-25(22)38(7)33(44)45)36-31(23)41(32(43)37-30)29-19(4)13-14-35-27(29)18(2)3/h8-15,18,20-21H,1,16-17H2,2-7H3,(H,44,45)/p-1. The summed E-state index contributed by atoms with van der Waals surface area (Å²) in [5, 5.41) is 12.6. The number of benzene rings is 1. The van der Waals surface area contributed by atoms with Crippen molar-refractivity contribution in [3.8, 4) is 16.9 Å². The highest BCUT2D eigenvalue weighted by Crippen LogP contribution is 2.38. The number of anilines is 2. The SMILES string of the molecule is C=CC(=O)N1CC(C)N(c2nc(=O)n(-c3c(C)ccnc3C(C)C)c3nc(-c4ccccc4N(C)C(=O)[O-])c(Cl)cc23)CC1C. The summed E-state index contributed by atoms with van der Waals surface area (Å²) in [4.78, 5) is 57.5. The Labute approximate surface area is 266 Å². The Kier molecular flexibility index (Phi) is 8.66. The Balaban J connectivity index is 1.84. The average molecular weight is 629 g/mol. The van der Waals surface area contributed by atoms with Gasteiger partial charge in [0, 0.05) is 44.0 Å². The molecule has 2 unspecified atom stereocenters. The first kappa shape index (κ1) is 31.6. The normalized spacial score (nSPS) is 16.7. The van der Waals surface area contributed by atoms with Gasteiger partial charge in [-0.2, -0.15) is 4.98 Å². The van der Waals surface area contributed by atoms with Gasteiger partial charge in [0.2, 0.25) is 5.91 Å². The fourth-order valence-electron chi connectivity index (χ4n) is 5.91. The molecule has 1 aliphatic heterocycles. The largest absolute Gasteiger partial charge is 0.530 e. The fraction of sp³-hybridized carbons (Fsp3) is 0.333. The summed E-state index contributed by atoms with van der Waals surface area (Å²) in [6.07, 6.45) is 1.61. The molecule has 0 radical (unpaired) electrons. The molecule has 3 aromatic heterocycles. The van der Waals surface area contributed by atoms with Crippen LogP contribution < -0.4 is 20.6 Å². The number of hydrogen-bond acceptors (Lipinski definition) is 8. The first-order valence-corrected chi connectivity index (χ1v) is 15.1. The van der Waals surface area contributed by atoms with Gasteiger partial charge in [-0.1, -0.05) is 50.2 Å². The van der Waals surface area contributed by atoms with Gasteiger partial charge in [-0.15, -0.1) is 0 Å². The fourth-order valence-corrected chi connectivity index (χ4v) is 6.16. The Bertz CT molecular complexity index is 1890. The van der Waals surface area contributed by atoms with Crippen LogP contribution in [0.4, 0.5) is 16.3 Å². The van der Waals surface area contributed by atoms with E-state index in [9.17, 15) is 19.5 Å². The number of piperazine rings is 1. The molecule has 2 atom stereocenters. The number of halogens is 1. The molecule has 5 rings (SSSR count). The molecular formula is C33H35ClN7O4-. The molecule has 0 spiro atoms. The van der Waals surface area contributed by atoms with Gasteiger partial charge in [-0.25, -0.2) is 14.3 Å². The smallest absolute Gasteiger partial charge is 0.355 e. The number of pyridine rings is 2. The number of fused-ring (bicyclic) bond motifs is 1. The number of carbonyl (C=O) groups excluding carboxylic acids is 2. The molecule has 0 bridgehead atoms. The van der Waals surface area contributed by atoms with Gasteiger partial charge in [-0.3, -0.25) is 9.78 Å². The number of carboxylic acid groups (broad SMARTS) is 1. The third-order valence-corrected chi connectivity index (χ3v) is 8.52. The van der Waals surface area contributed by atoms with Crippen LogP contribution in [0.2, 0.25) is 5.02 Å². The number of carbonyl (C=O) groups is 2. The van der Waals surface area contributed by atoms with Crippen LogP contribution in [0.1, 0.15) is 44.9 Å². The van der Waals surface area contributed by atoms with Crippen LogP contribution in [-0.4, -0.2) is 68.6 Å². The van der Waals surface area contributed by atoms with Crippen molar-refractivity contribution < 1.29 is 14.7 Å². The molecule has 4 heterocycles. The van der Waals surface area contributed by atoms with E-state index in [1.165, 1.54) is 17.7 Å². The lowest BCUT2D eigenvalue weighted by Gasteiger charge is -2.44. The Morgan fingerprint density at radius 2 is 1.84 bits per heavy atom. The van der Waals surface area contributed by atoms with Gasteiger partial charge in [0.1, 0.15) is 11.9 Å². The lowest BCUT2D eigenvalue weighted by atomic mass is 10.0. The van der Waals surface area contributed by atoms with Crippen molar-refractivity contribution in [1.29, 1.82) is 0 Å². The number of hydrogen-bond donors (Lipinski definition) is 0. The molecule has 1 aromatic carbocycles. The zero-order valence-corrected chi connectivity index (χ0v) is 26.9. The van der Waals surface area contributed by atoms with Crippen molar-refractivity contribution in [3.63, 3.8) is 0 Å². The molecule has 45 heavy (non-hydrogen) atoms. The minimum Gasteiger partial charge on any atom is -0.530 e. The second kappa shape index (κ2) is 12.3. The summed E-state index contributed by atoms with van der Waals surface area (Å²) in [5.41, 5.74) is 2.86. The second-order valence-corrected chi connectivity index (χ2v) is 12.1. The minimum absolute atomic E-state index is 0.0258. The van der Waals surface area contributed by atoms with Crippen LogP contribution in [0.5, 0.6) is 0 Å². The minimum atomic E-state index is -1.40. The summed E-state index contributed by atoms with van der Waals surface area (Å²) < 4.78 is 1.47. The highest BCUT2D eigenvalue weighted by atomic mass is 35.5. The van der Waals surface area contributed by atoms with Crippen molar-refractivity contribution in [2.75, 3.05) is 29.9 Å². The summed E-state index contributed by atoms with van der Waals surface area (Å²) in [6, 6.07) is 9.97. The van der Waals surface area contributed by atoms with Crippen LogP contribution in [-0.2, 0) is 4.79 Å². The lowest BCUT2D eigenvalue weighted by molar-refractivity contribution is -0.246. The number of aryl methyl sites for hydroxylation is 1. The number of rotatable bonds is 6. The lowest BCUT2D eigenvalue weighted by Crippen LogP contribution is -2.58. The molecule has 0 aliphatic carbocycles. The Hall–Kier alpha value is -4.77. The first-order chi connectivity index (χ1) is 21.3. The van der Waals surface area contributed by atoms with E-state index in [0.717, 1.165) is 10.5 Å². The number of amides is 2. The van der Waals surface area contributed by atoms with Crippen LogP contribution in [0.3, 0.4) is 0 Å². The maximum atomic E-state index is 14.2. The maximum absolute atomic E-state index is 14.2. The van der Waals surface area contributed by atoms with E-state index >= 15 is 0 Å². The van der Waals surface area contributed by atoms with Crippen molar-refractivity contribution in [2.24, 2.45) is 0 Å². The Morgan fingerprint density at radius 3 is 2.51 bits per heavy atom. The van der Waals surface area contributed by atoms with E-state index in [0.29, 0.717) is 46.9 Å². The highest BCUT2D eigenvalue weighted by Gasteiger charge is 2.34. The van der Waals surface area contributed by atoms with E-state index in [2.05, 4.69) is 16.5 Å². The second-order valence-electron chi connectivity index (χ2n) is 11.6. The van der Waals surface area contributed by atoms with Gasteiger partial charge in [-0.05, 0) is 56.5 Å². The molecule has 4 aromatic rings. The van der Waals surface area contributed by atoms with Gasteiger partial charge in [0.15, 0.2) is 5.65 Å². The topological polar surface area (TPSA) is 128 Å². The highest BCUT2D eigenvalue weighted by molar-refractivity contribution is 6.34. The molecule has 234 valence electrons. The van der Waals surface area contributed by atoms with E-state index in [-0.39, 0.29) is 40.3 Å². The van der Waals surface area contributed by atoms with E-state index in [1.54, 1.807) is 41.4 Å². The summed E-state index contributed by atoms with van der Waals surface area (Å²) >= 11 is 6.95. The number of para-hydroxylation sites is 1. The average Bonchev–Trinajstić information content (AvgIpc) is 3.01. The summed E-state index contributed by atoms with van der Waals surface area (Å²) in [6.45, 7) is 14.2. The summed E-state index contributed by atoms with van der Waals surface area (Å²) in [7, 11) is 1.38. The quantitative estimate of drug-likeness (QED) is 0.289. The van der Waals surface area contributed by atoms with E-state index in [1.807, 2.05) is 45.6 Å². The molecule has 11 nitrogen and oxygen atoms in total. The monoisotopic (exact) mass is 628 g/mol. The zero-order chi connectivity index (χ0) is 32.7. The predicted molar refractivity (Wildman–Crippen MR) is 174 cm³/mol. The van der Waals surface area contributed by atoms with Gasteiger partial charge < -0.3 is 24.6 Å². The molecule has 1 aliphatic rings. The summed E-state index contributed by atoms with van der Waals surface area (Å²) in [5.74, 6) is 0.206. The van der Waals surface area contributed by atoms with Gasteiger partial charge in [0.05, 0.1) is 33.2 Å². The van der Waals surface area contributed by atoms with Gasteiger partial charge >= 0.3 is 5.69 Å². The van der Waals surface area contributed by atoms with Crippen LogP contribution in [0.25, 0.3) is 28.0 Å². The molecule has 1 fully saturated rings. The van der Waals surface area contributed by atoms with Crippen molar-refractivity contribution in [2.45, 2.75) is 52.6 Å². The maximum Gasteiger partial charge on any atom is 0.355 e. The van der Waals surface area contributed by atoms with Crippen molar-refractivity contribution in [1.82, 2.24) is 24.4 Å². The number of aromatic nitrogens is 4. The number of nitrogens with zero attached hydrogens (tertiary/aromatic N) is 7. The molecule has 0 N–H and O–H groups in total. The van der Waals surface area contributed by atoms with Gasteiger partial charge in [0.25, 0.3) is 0 Å². The van der Waals surface area contributed by atoms with E-state index < -0.39 is 11.8 Å². The third kappa shape index (κ3) is 5.64. The molecule has 1 saturated heterocycles. The molecular weight excluding hydrogens is 594 g/mol. The third-order valence-electron chi connectivity index (χ3n) is 8.24. The van der Waals surface area contributed by atoms with Crippen LogP contribution in [0, 0.1) is 6.92 Å². The molecule has 12 heteroatoms. The Morgan fingerprint density at radius 1 is 1.13 bits per heavy atom. The van der Waals surface area contributed by atoms with Crippen LogP contribution >= 0.6 is 11.6 Å². The molecule has 0 saturated carbocycles. The predicted octanol–water partition coefficient (Wildman–Crippen LogP) is 4.32. The van der Waals surface area contributed by atoms with E-state index in [4.69, 9.17) is 16.6 Å². The van der Waals surface area contributed by atoms with Crippen molar-refractivity contribution in [3.05, 3.63) is 82.0 Å². The van der Waals surface area contributed by atoms with Crippen molar-refractivity contribution >= 4 is 46.1 Å².